The first-order valence-corrected chi connectivity index (χ1v) is 9.11. The smallest absolute Gasteiger partial charge is 0.242 e. The van der Waals surface area contributed by atoms with Crippen molar-refractivity contribution in [3.8, 4) is 11.4 Å². The summed E-state index contributed by atoms with van der Waals surface area (Å²) in [5.41, 5.74) is 2.45. The third-order valence-corrected chi connectivity index (χ3v) is 5.07. The summed E-state index contributed by atoms with van der Waals surface area (Å²) in [6.45, 7) is 3.71. The maximum Gasteiger partial charge on any atom is 0.242 e. The van der Waals surface area contributed by atoms with Gasteiger partial charge in [0.25, 0.3) is 0 Å². The highest BCUT2D eigenvalue weighted by Crippen LogP contribution is 2.22. The second-order valence-corrected chi connectivity index (χ2v) is 7.05. The second-order valence-electron chi connectivity index (χ2n) is 6.66. The molecule has 8 heteroatoms. The van der Waals surface area contributed by atoms with Crippen molar-refractivity contribution in [3.63, 3.8) is 0 Å². The molecule has 1 N–H and O–H groups in total. The summed E-state index contributed by atoms with van der Waals surface area (Å²) in [7, 11) is 1.61. The molecule has 5 nitrogen and oxygen atoms in total. The average Bonchev–Trinajstić information content (AvgIpc) is 3.03. The van der Waals surface area contributed by atoms with Crippen LogP contribution in [0.5, 0.6) is 0 Å². The van der Waals surface area contributed by atoms with E-state index in [4.69, 9.17) is 12.2 Å². The van der Waals surface area contributed by atoms with Gasteiger partial charge in [-0.2, -0.15) is 5.10 Å². The van der Waals surface area contributed by atoms with Crippen LogP contribution in [0.3, 0.4) is 0 Å². The van der Waals surface area contributed by atoms with Crippen molar-refractivity contribution in [3.05, 3.63) is 70.0 Å². The van der Waals surface area contributed by atoms with Crippen LogP contribution >= 0.6 is 12.2 Å². The Morgan fingerprint density at radius 1 is 1.21 bits per heavy atom. The molecular weight excluding hydrogens is 382 g/mol. The Bertz CT molecular complexity index is 1060. The van der Waals surface area contributed by atoms with Crippen molar-refractivity contribution < 1.29 is 13.6 Å². The zero-order chi connectivity index (χ0) is 20.4. The van der Waals surface area contributed by atoms with Crippen LogP contribution in [0, 0.1) is 23.3 Å². The number of carbonyl (C=O) groups is 1. The molecule has 0 aliphatic rings. The summed E-state index contributed by atoms with van der Waals surface area (Å²) < 4.78 is 28.6. The van der Waals surface area contributed by atoms with Gasteiger partial charge >= 0.3 is 0 Å². The molecule has 0 aliphatic heterocycles. The molecule has 0 bridgehead atoms. The van der Waals surface area contributed by atoms with Crippen molar-refractivity contribution in [2.24, 2.45) is 0 Å². The van der Waals surface area contributed by atoms with Crippen molar-refractivity contribution in [1.29, 1.82) is 0 Å². The van der Waals surface area contributed by atoms with Crippen LogP contribution in [0.15, 0.2) is 42.5 Å². The molecule has 0 unspecified atom stereocenters. The number of amides is 1. The minimum Gasteiger partial charge on any atom is -0.337 e. The van der Waals surface area contributed by atoms with Crippen molar-refractivity contribution in [2.45, 2.75) is 26.4 Å². The Labute approximate surface area is 166 Å². The van der Waals surface area contributed by atoms with E-state index in [-0.39, 0.29) is 12.5 Å². The Morgan fingerprint density at radius 3 is 2.54 bits per heavy atom. The Balaban J connectivity index is 1.82. The molecule has 1 atom stereocenters. The molecule has 0 radical (unpaired) electrons. The molecule has 146 valence electrons. The molecule has 0 fully saturated rings. The van der Waals surface area contributed by atoms with Crippen LogP contribution in [0.1, 0.15) is 24.1 Å². The molecule has 0 spiro atoms. The van der Waals surface area contributed by atoms with E-state index in [9.17, 15) is 13.6 Å². The number of hydrogen-bond donors (Lipinski definition) is 1. The van der Waals surface area contributed by atoms with Gasteiger partial charge in [-0.3, -0.25) is 14.5 Å². The second kappa shape index (κ2) is 8.02. The lowest BCUT2D eigenvalue weighted by Gasteiger charge is -2.26. The SMILES string of the molecule is Cc1ccc(-c2n[nH]c(=S)n2CC(=O)N(C)[C@@H](C)c2ccc(F)c(F)c2)cc1. The van der Waals surface area contributed by atoms with Crippen molar-refractivity contribution >= 4 is 18.1 Å². The molecule has 1 aromatic heterocycles. The quantitative estimate of drug-likeness (QED) is 0.643. The standard InChI is InChI=1S/C20H20F2N4OS/c1-12-4-6-14(7-5-12)19-23-24-20(28)26(19)11-18(27)25(3)13(2)15-8-9-16(21)17(22)10-15/h4-10,13H,11H2,1-3H3,(H,24,28)/t13-/m0/s1. The average molecular weight is 402 g/mol. The van der Waals surface area contributed by atoms with Crippen LogP contribution in [-0.4, -0.2) is 32.6 Å². The topological polar surface area (TPSA) is 53.9 Å². The van der Waals surface area contributed by atoms with E-state index in [1.165, 1.54) is 11.0 Å². The van der Waals surface area contributed by atoms with Gasteiger partial charge in [0.2, 0.25) is 5.91 Å². The summed E-state index contributed by atoms with van der Waals surface area (Å²) in [5, 5.41) is 6.96. The summed E-state index contributed by atoms with van der Waals surface area (Å²) in [5.74, 6) is -1.53. The van der Waals surface area contributed by atoms with Gasteiger partial charge < -0.3 is 4.90 Å². The molecule has 0 saturated heterocycles. The van der Waals surface area contributed by atoms with Crippen LogP contribution in [0.2, 0.25) is 0 Å². The monoisotopic (exact) mass is 402 g/mol. The van der Waals surface area contributed by atoms with Gasteiger partial charge in [-0.1, -0.05) is 35.9 Å². The van der Waals surface area contributed by atoms with Crippen LogP contribution in [0.25, 0.3) is 11.4 Å². The highest BCUT2D eigenvalue weighted by molar-refractivity contribution is 7.71. The Kier molecular flexibility index (Phi) is 5.69. The van der Waals surface area contributed by atoms with Crippen LogP contribution in [-0.2, 0) is 11.3 Å². The van der Waals surface area contributed by atoms with E-state index in [1.807, 2.05) is 31.2 Å². The first-order valence-electron chi connectivity index (χ1n) is 8.70. The molecular formula is C20H20F2N4OS. The Hall–Kier alpha value is -2.87. The zero-order valence-electron chi connectivity index (χ0n) is 15.7. The lowest BCUT2D eigenvalue weighted by atomic mass is 10.1. The summed E-state index contributed by atoms with van der Waals surface area (Å²) in [4.78, 5) is 14.3. The first-order chi connectivity index (χ1) is 13.3. The fourth-order valence-electron chi connectivity index (χ4n) is 2.85. The number of aromatic nitrogens is 3. The highest BCUT2D eigenvalue weighted by Gasteiger charge is 2.21. The molecule has 3 aromatic rings. The van der Waals surface area contributed by atoms with E-state index < -0.39 is 17.7 Å². The first kappa shape index (κ1) is 19.9. The normalized spacial score (nSPS) is 12.0. The van der Waals surface area contributed by atoms with Gasteiger partial charge in [0.15, 0.2) is 22.2 Å². The number of benzene rings is 2. The number of H-pyrrole nitrogens is 1. The van der Waals surface area contributed by atoms with Gasteiger partial charge in [-0.05, 0) is 43.8 Å². The van der Waals surface area contributed by atoms with E-state index >= 15 is 0 Å². The lowest BCUT2D eigenvalue weighted by Crippen LogP contribution is -2.33. The number of rotatable bonds is 5. The molecule has 0 aliphatic carbocycles. The molecule has 2 aromatic carbocycles. The fourth-order valence-corrected chi connectivity index (χ4v) is 3.04. The molecule has 1 heterocycles. The molecule has 28 heavy (non-hydrogen) atoms. The number of nitrogens with one attached hydrogen (secondary N) is 1. The van der Waals surface area contributed by atoms with Gasteiger partial charge in [0.05, 0.1) is 6.04 Å². The molecule has 3 rings (SSSR count). The molecule has 0 saturated carbocycles. The molecule has 1 amide bonds. The number of hydrogen-bond acceptors (Lipinski definition) is 3. The van der Waals surface area contributed by atoms with E-state index in [2.05, 4.69) is 10.2 Å². The number of halogens is 2. The number of aryl methyl sites for hydroxylation is 1. The largest absolute Gasteiger partial charge is 0.337 e. The fraction of sp³-hybridized carbons (Fsp3) is 0.250. The highest BCUT2D eigenvalue weighted by atomic mass is 32.1. The van der Waals surface area contributed by atoms with E-state index in [0.29, 0.717) is 16.2 Å². The predicted octanol–water partition coefficient (Wildman–Crippen LogP) is 4.41. The summed E-state index contributed by atoms with van der Waals surface area (Å²) >= 11 is 5.28. The minimum atomic E-state index is -0.941. The van der Waals surface area contributed by atoms with E-state index in [0.717, 1.165) is 23.3 Å². The summed E-state index contributed by atoms with van der Waals surface area (Å²) in [6, 6.07) is 10.9. The number of nitrogens with zero attached hydrogens (tertiary/aromatic N) is 3. The lowest BCUT2D eigenvalue weighted by molar-refractivity contribution is -0.132. The van der Waals surface area contributed by atoms with Crippen LogP contribution in [0.4, 0.5) is 8.78 Å². The number of aromatic amines is 1. The summed E-state index contributed by atoms with van der Waals surface area (Å²) in [6.07, 6.45) is 0. The van der Waals surface area contributed by atoms with Gasteiger partial charge in [0, 0.05) is 12.6 Å². The maximum absolute atomic E-state index is 13.5. The third kappa shape index (κ3) is 4.01. The third-order valence-electron chi connectivity index (χ3n) is 4.76. The van der Waals surface area contributed by atoms with Gasteiger partial charge in [-0.15, -0.1) is 0 Å². The van der Waals surface area contributed by atoms with Crippen molar-refractivity contribution in [1.82, 2.24) is 19.7 Å². The van der Waals surface area contributed by atoms with Crippen molar-refractivity contribution in [2.75, 3.05) is 7.05 Å². The minimum absolute atomic E-state index is 0.0247. The zero-order valence-corrected chi connectivity index (χ0v) is 16.6. The number of likely N-dealkylation sites (N-methyl/N-ethyl adjacent to an activating group) is 1. The Morgan fingerprint density at radius 2 is 1.89 bits per heavy atom. The van der Waals surface area contributed by atoms with Crippen LogP contribution < -0.4 is 0 Å². The van der Waals surface area contributed by atoms with E-state index in [1.54, 1.807) is 18.5 Å². The maximum atomic E-state index is 13.5. The van der Waals surface area contributed by atoms with Gasteiger partial charge in [0.1, 0.15) is 6.54 Å². The van der Waals surface area contributed by atoms with Gasteiger partial charge in [-0.25, -0.2) is 8.78 Å². The predicted molar refractivity (Wildman–Crippen MR) is 105 cm³/mol. The number of carbonyl (C=O) groups excluding carboxylic acids is 1.